The summed E-state index contributed by atoms with van der Waals surface area (Å²) in [5.41, 5.74) is 5.97. The van der Waals surface area contributed by atoms with Gasteiger partial charge in [0, 0.05) is 6.20 Å². The van der Waals surface area contributed by atoms with Crippen LogP contribution < -0.4 is 11.4 Å². The van der Waals surface area contributed by atoms with Gasteiger partial charge in [-0.3, -0.25) is 0 Å². The van der Waals surface area contributed by atoms with Crippen LogP contribution in [-0.2, 0) is 0 Å². The first-order valence-electron chi connectivity index (χ1n) is 2.96. The molecule has 0 saturated heterocycles. The smallest absolute Gasteiger partial charge is 0.332 e. The van der Waals surface area contributed by atoms with E-state index >= 15 is 0 Å². The van der Waals surface area contributed by atoms with E-state index in [9.17, 15) is 4.79 Å². The Bertz CT molecular complexity index is 441. The highest BCUT2D eigenvalue weighted by molar-refractivity contribution is 5.61. The molecule has 3 N–H and O–H groups in total. The average Bonchev–Trinajstić information content (AvgIpc) is 2.45. The first-order valence-corrected chi connectivity index (χ1v) is 2.96. The number of nitrogens with two attached hydrogens (primary N) is 1. The summed E-state index contributed by atoms with van der Waals surface area (Å²) in [5, 5.41) is 7.18. The van der Waals surface area contributed by atoms with E-state index in [0.29, 0.717) is 11.3 Å². The molecule has 0 fully saturated rings. The lowest BCUT2D eigenvalue weighted by Crippen LogP contribution is -2.15. The third-order valence-corrected chi connectivity index (χ3v) is 1.38. The number of fused-ring (bicyclic) bond motifs is 1. The number of nitrogens with zero attached hydrogens (tertiary/aromatic N) is 3. The van der Waals surface area contributed by atoms with Gasteiger partial charge in [-0.05, 0) is 0 Å². The van der Waals surface area contributed by atoms with Crippen molar-refractivity contribution in [1.29, 1.82) is 0 Å². The number of hydrogen-bond acceptors (Lipinski definition) is 4. The number of aromatic nitrogens is 4. The van der Waals surface area contributed by atoms with Gasteiger partial charge >= 0.3 is 5.69 Å². The summed E-state index contributed by atoms with van der Waals surface area (Å²) in [6.45, 7) is 0. The summed E-state index contributed by atoms with van der Waals surface area (Å²) in [4.78, 5) is 13.4. The quantitative estimate of drug-likeness (QED) is 0.505. The molecule has 0 aliphatic rings. The lowest BCUT2D eigenvalue weighted by molar-refractivity contribution is 0.997. The second kappa shape index (κ2) is 1.82. The van der Waals surface area contributed by atoms with Crippen LogP contribution in [0.4, 0.5) is 5.69 Å². The molecule has 0 aliphatic carbocycles. The Hall–Kier alpha value is -1.85. The van der Waals surface area contributed by atoms with Gasteiger partial charge in [-0.25, -0.2) is 9.20 Å². The molecule has 2 aromatic heterocycles. The number of anilines is 1. The highest BCUT2D eigenvalue weighted by atomic mass is 16.1. The van der Waals surface area contributed by atoms with Crippen molar-refractivity contribution in [3.8, 4) is 0 Å². The Labute approximate surface area is 60.7 Å². The van der Waals surface area contributed by atoms with E-state index in [1.807, 2.05) is 0 Å². The second-order valence-corrected chi connectivity index (χ2v) is 2.07. The number of hydrogen-bond donors (Lipinski definition) is 2. The molecular formula is C5H5N5O. The zero-order chi connectivity index (χ0) is 7.84. The van der Waals surface area contributed by atoms with Crippen LogP contribution in [0.1, 0.15) is 0 Å². The molecule has 11 heavy (non-hydrogen) atoms. The van der Waals surface area contributed by atoms with E-state index in [0.717, 1.165) is 0 Å². The molecule has 0 saturated carbocycles. The fourth-order valence-corrected chi connectivity index (χ4v) is 0.854. The summed E-state index contributed by atoms with van der Waals surface area (Å²) in [6, 6.07) is 0. The van der Waals surface area contributed by atoms with Crippen molar-refractivity contribution in [2.24, 2.45) is 0 Å². The number of rotatable bonds is 0. The maximum atomic E-state index is 11.0. The fourth-order valence-electron chi connectivity index (χ4n) is 0.854. The van der Waals surface area contributed by atoms with E-state index in [2.05, 4.69) is 15.2 Å². The first kappa shape index (κ1) is 5.90. The fraction of sp³-hybridized carbons (Fsp3) is 0. The number of nitrogens with one attached hydrogen (secondary N) is 1. The van der Waals surface area contributed by atoms with E-state index in [1.165, 1.54) is 16.9 Å². The standard InChI is InChI=1S/C5H5N5O/c6-3-1-7-5(11)10-2-8-9-4(3)10/h1-2H,6H2,(H,7,11). The molecule has 0 aromatic carbocycles. The van der Waals surface area contributed by atoms with Crippen LogP contribution in [0.15, 0.2) is 17.3 Å². The van der Waals surface area contributed by atoms with Gasteiger partial charge in [0.15, 0.2) is 5.65 Å². The molecule has 2 aromatic rings. The minimum Gasteiger partial charge on any atom is -0.394 e. The second-order valence-electron chi connectivity index (χ2n) is 2.07. The molecule has 2 heterocycles. The van der Waals surface area contributed by atoms with E-state index < -0.39 is 0 Å². The monoisotopic (exact) mass is 151 g/mol. The van der Waals surface area contributed by atoms with E-state index in [4.69, 9.17) is 5.73 Å². The summed E-state index contributed by atoms with van der Waals surface area (Å²) in [7, 11) is 0. The third kappa shape index (κ3) is 0.689. The molecule has 0 radical (unpaired) electrons. The molecule has 2 rings (SSSR count). The summed E-state index contributed by atoms with van der Waals surface area (Å²) < 4.78 is 1.25. The molecule has 0 spiro atoms. The predicted molar refractivity (Wildman–Crippen MR) is 38.0 cm³/mol. The Kier molecular flexibility index (Phi) is 0.974. The number of H-pyrrole nitrogens is 1. The SMILES string of the molecule is Nc1c[nH]c(=O)n2cnnc12. The van der Waals surface area contributed by atoms with Crippen molar-refractivity contribution in [2.45, 2.75) is 0 Å². The minimum atomic E-state index is -0.292. The normalized spacial score (nSPS) is 10.5. The first-order chi connectivity index (χ1) is 5.29. The molecule has 0 unspecified atom stereocenters. The summed E-state index contributed by atoms with van der Waals surface area (Å²) in [6.07, 6.45) is 2.71. The number of aromatic amines is 1. The predicted octanol–water partition coefficient (Wildman–Crippen LogP) is -1.00. The van der Waals surface area contributed by atoms with Gasteiger partial charge in [0.05, 0.1) is 5.69 Å². The third-order valence-electron chi connectivity index (χ3n) is 1.38. The van der Waals surface area contributed by atoms with E-state index in [-0.39, 0.29) is 5.69 Å². The van der Waals surface area contributed by atoms with Crippen LogP contribution in [-0.4, -0.2) is 19.6 Å². The average molecular weight is 151 g/mol. The molecule has 0 amide bonds. The topological polar surface area (TPSA) is 89.1 Å². The Balaban J connectivity index is 3.08. The van der Waals surface area contributed by atoms with Gasteiger partial charge in [0.2, 0.25) is 0 Å². The van der Waals surface area contributed by atoms with Crippen LogP contribution in [0.25, 0.3) is 5.65 Å². The molecular weight excluding hydrogens is 146 g/mol. The molecule has 0 aliphatic heterocycles. The molecule has 56 valence electrons. The van der Waals surface area contributed by atoms with Crippen molar-refractivity contribution >= 4 is 11.3 Å². The van der Waals surface area contributed by atoms with Gasteiger partial charge in [-0.2, -0.15) is 0 Å². The lowest BCUT2D eigenvalue weighted by Gasteiger charge is -1.92. The van der Waals surface area contributed by atoms with Crippen molar-refractivity contribution in [3.05, 3.63) is 23.0 Å². The van der Waals surface area contributed by atoms with Gasteiger partial charge in [-0.15, -0.1) is 10.2 Å². The van der Waals surface area contributed by atoms with Crippen molar-refractivity contribution < 1.29 is 0 Å². The Morgan fingerprint density at radius 3 is 3.18 bits per heavy atom. The van der Waals surface area contributed by atoms with Gasteiger partial charge in [-0.1, -0.05) is 0 Å². The van der Waals surface area contributed by atoms with Crippen LogP contribution >= 0.6 is 0 Å². The molecule has 6 nitrogen and oxygen atoms in total. The Morgan fingerprint density at radius 2 is 2.45 bits per heavy atom. The largest absolute Gasteiger partial charge is 0.394 e. The summed E-state index contributed by atoms with van der Waals surface area (Å²) >= 11 is 0. The summed E-state index contributed by atoms with van der Waals surface area (Å²) in [5.74, 6) is 0. The Morgan fingerprint density at radius 1 is 1.64 bits per heavy atom. The highest BCUT2D eigenvalue weighted by Crippen LogP contribution is 2.02. The maximum Gasteiger partial charge on any atom is 0.332 e. The molecule has 0 bridgehead atoms. The van der Waals surface area contributed by atoms with Crippen LogP contribution in [0, 0.1) is 0 Å². The van der Waals surface area contributed by atoms with Gasteiger partial charge in [0.1, 0.15) is 6.33 Å². The minimum absolute atomic E-state index is 0.292. The van der Waals surface area contributed by atoms with Gasteiger partial charge < -0.3 is 10.7 Å². The highest BCUT2D eigenvalue weighted by Gasteiger charge is 2.00. The van der Waals surface area contributed by atoms with Crippen LogP contribution in [0.3, 0.4) is 0 Å². The number of nitrogen functional groups attached to an aromatic ring is 1. The van der Waals surface area contributed by atoms with Crippen LogP contribution in [0.2, 0.25) is 0 Å². The van der Waals surface area contributed by atoms with E-state index in [1.54, 1.807) is 0 Å². The molecule has 6 heteroatoms. The zero-order valence-corrected chi connectivity index (χ0v) is 5.48. The van der Waals surface area contributed by atoms with Crippen molar-refractivity contribution in [1.82, 2.24) is 19.6 Å². The van der Waals surface area contributed by atoms with Crippen LogP contribution in [0.5, 0.6) is 0 Å². The lowest BCUT2D eigenvalue weighted by atomic mass is 10.5. The van der Waals surface area contributed by atoms with Crippen molar-refractivity contribution in [3.63, 3.8) is 0 Å². The maximum absolute atomic E-state index is 11.0. The zero-order valence-electron chi connectivity index (χ0n) is 5.48. The molecule has 0 atom stereocenters. The van der Waals surface area contributed by atoms with Gasteiger partial charge in [0.25, 0.3) is 0 Å². The van der Waals surface area contributed by atoms with Crippen molar-refractivity contribution in [2.75, 3.05) is 5.73 Å².